The van der Waals surface area contributed by atoms with Crippen LogP contribution in [0.25, 0.3) is 0 Å². The largest absolute Gasteiger partial charge is 0.486 e. The quantitative estimate of drug-likeness (QED) is 0.897. The van der Waals surface area contributed by atoms with E-state index < -0.39 is 21.2 Å². The van der Waals surface area contributed by atoms with Crippen molar-refractivity contribution in [1.29, 1.82) is 0 Å². The lowest BCUT2D eigenvalue weighted by Gasteiger charge is -2.23. The number of hydrogen-bond donors (Lipinski definition) is 1. The highest BCUT2D eigenvalue weighted by atomic mass is 79.9. The van der Waals surface area contributed by atoms with Crippen LogP contribution in [0.3, 0.4) is 0 Å². The summed E-state index contributed by atoms with van der Waals surface area (Å²) in [4.78, 5) is 0. The number of hydrogen-bond acceptors (Lipinski definition) is 5. The predicted molar refractivity (Wildman–Crippen MR) is 74.4 cm³/mol. The van der Waals surface area contributed by atoms with Gasteiger partial charge in [0, 0.05) is 10.7 Å². The van der Waals surface area contributed by atoms with Gasteiger partial charge in [0.15, 0.2) is 21.3 Å². The van der Waals surface area contributed by atoms with Gasteiger partial charge in [-0.05, 0) is 24.6 Å². The summed E-state index contributed by atoms with van der Waals surface area (Å²) in [7, 11) is -3.33. The van der Waals surface area contributed by atoms with E-state index in [9.17, 15) is 13.5 Å². The molecule has 0 saturated carbocycles. The number of benzene rings is 1. The van der Waals surface area contributed by atoms with E-state index in [4.69, 9.17) is 9.47 Å². The number of fused-ring (bicyclic) bond motifs is 1. The minimum atomic E-state index is -3.33. The van der Waals surface area contributed by atoms with E-state index in [1.807, 2.05) is 0 Å². The Morgan fingerprint density at radius 1 is 1.26 bits per heavy atom. The number of ether oxygens (including phenoxy) is 2. The first-order valence-electron chi connectivity index (χ1n) is 5.76. The molecule has 1 aliphatic rings. The molecule has 7 heteroatoms. The van der Waals surface area contributed by atoms with Crippen molar-refractivity contribution in [3.8, 4) is 11.5 Å². The van der Waals surface area contributed by atoms with Crippen molar-refractivity contribution in [2.75, 3.05) is 19.5 Å². The SMILES string of the molecule is CC(C(O)c1cc2c(cc1Br)OCCO2)S(C)(=O)=O. The van der Waals surface area contributed by atoms with E-state index >= 15 is 0 Å². The molecule has 0 spiro atoms. The molecule has 1 aromatic carbocycles. The second-order valence-electron chi connectivity index (χ2n) is 4.50. The number of aliphatic hydroxyl groups excluding tert-OH is 1. The molecule has 0 aliphatic carbocycles. The molecule has 0 radical (unpaired) electrons. The molecule has 2 atom stereocenters. The zero-order valence-corrected chi connectivity index (χ0v) is 13.0. The van der Waals surface area contributed by atoms with E-state index in [1.165, 1.54) is 6.92 Å². The highest BCUT2D eigenvalue weighted by molar-refractivity contribution is 9.10. The minimum Gasteiger partial charge on any atom is -0.486 e. The molecule has 1 N–H and O–H groups in total. The van der Waals surface area contributed by atoms with Gasteiger partial charge in [-0.3, -0.25) is 0 Å². The Labute approximate surface area is 120 Å². The molecule has 2 rings (SSSR count). The maximum Gasteiger partial charge on any atom is 0.162 e. The summed E-state index contributed by atoms with van der Waals surface area (Å²) in [5.74, 6) is 1.10. The van der Waals surface area contributed by atoms with E-state index in [-0.39, 0.29) is 0 Å². The number of rotatable bonds is 3. The molecule has 0 bridgehead atoms. The lowest BCUT2D eigenvalue weighted by atomic mass is 10.1. The topological polar surface area (TPSA) is 72.8 Å². The van der Waals surface area contributed by atoms with Gasteiger partial charge in [-0.25, -0.2) is 8.42 Å². The van der Waals surface area contributed by atoms with Gasteiger partial charge in [-0.2, -0.15) is 0 Å². The van der Waals surface area contributed by atoms with E-state index in [0.717, 1.165) is 6.26 Å². The van der Waals surface area contributed by atoms with Gasteiger partial charge in [0.1, 0.15) is 13.2 Å². The lowest BCUT2D eigenvalue weighted by molar-refractivity contribution is 0.163. The van der Waals surface area contributed by atoms with Gasteiger partial charge in [0.2, 0.25) is 0 Å². The van der Waals surface area contributed by atoms with Crippen molar-refractivity contribution in [3.05, 3.63) is 22.2 Å². The van der Waals surface area contributed by atoms with Gasteiger partial charge >= 0.3 is 0 Å². The predicted octanol–water partition coefficient (Wildman–Crippen LogP) is 1.69. The van der Waals surface area contributed by atoms with Gasteiger partial charge < -0.3 is 14.6 Å². The summed E-state index contributed by atoms with van der Waals surface area (Å²) >= 11 is 3.32. The minimum absolute atomic E-state index is 0.436. The fourth-order valence-corrected chi connectivity index (χ4v) is 2.97. The highest BCUT2D eigenvalue weighted by Gasteiger charge is 2.28. The normalized spacial score (nSPS) is 17.9. The molecule has 0 aromatic heterocycles. The van der Waals surface area contributed by atoms with Crippen LogP contribution in [0.1, 0.15) is 18.6 Å². The van der Waals surface area contributed by atoms with Crippen molar-refractivity contribution in [3.63, 3.8) is 0 Å². The third-order valence-electron chi connectivity index (χ3n) is 3.10. The molecule has 106 valence electrons. The molecule has 0 fully saturated rings. The molecular formula is C12H15BrO5S. The van der Waals surface area contributed by atoms with Crippen LogP contribution in [0.4, 0.5) is 0 Å². The van der Waals surface area contributed by atoms with Crippen molar-refractivity contribution in [1.82, 2.24) is 0 Å². The van der Waals surface area contributed by atoms with Crippen molar-refractivity contribution in [2.45, 2.75) is 18.3 Å². The van der Waals surface area contributed by atoms with E-state index in [0.29, 0.717) is 34.7 Å². The second kappa shape index (κ2) is 5.30. The molecular weight excluding hydrogens is 336 g/mol. The summed E-state index contributed by atoms with van der Waals surface area (Å²) in [6, 6.07) is 3.30. The average Bonchev–Trinajstić information content (AvgIpc) is 2.35. The van der Waals surface area contributed by atoms with Crippen molar-refractivity contribution < 1.29 is 23.0 Å². The zero-order chi connectivity index (χ0) is 14.2. The Hall–Kier alpha value is -0.790. The summed E-state index contributed by atoms with van der Waals surface area (Å²) in [5.41, 5.74) is 0.474. The monoisotopic (exact) mass is 350 g/mol. The fourth-order valence-electron chi connectivity index (χ4n) is 1.79. The number of aliphatic hydroxyl groups is 1. The fraction of sp³-hybridized carbons (Fsp3) is 0.500. The average molecular weight is 351 g/mol. The van der Waals surface area contributed by atoms with Crippen LogP contribution in [0.5, 0.6) is 11.5 Å². The lowest BCUT2D eigenvalue weighted by Crippen LogP contribution is -2.25. The van der Waals surface area contributed by atoms with Crippen LogP contribution in [0.15, 0.2) is 16.6 Å². The van der Waals surface area contributed by atoms with Crippen molar-refractivity contribution >= 4 is 25.8 Å². The van der Waals surface area contributed by atoms with E-state index in [1.54, 1.807) is 12.1 Å². The smallest absolute Gasteiger partial charge is 0.162 e. The summed E-state index contributed by atoms with van der Waals surface area (Å²) < 4.78 is 34.5. The first-order valence-corrected chi connectivity index (χ1v) is 8.51. The Morgan fingerprint density at radius 2 is 1.79 bits per heavy atom. The van der Waals surface area contributed by atoms with Crippen molar-refractivity contribution in [2.24, 2.45) is 0 Å². The first kappa shape index (κ1) is 14.6. The summed E-state index contributed by atoms with van der Waals surface area (Å²) in [5, 5.41) is 9.30. The zero-order valence-electron chi connectivity index (χ0n) is 10.6. The second-order valence-corrected chi connectivity index (χ2v) is 7.75. The van der Waals surface area contributed by atoms with Crippen LogP contribution in [-0.2, 0) is 9.84 Å². The Kier molecular flexibility index (Phi) is 4.08. The van der Waals surface area contributed by atoms with Gasteiger partial charge in [-0.15, -0.1) is 0 Å². The van der Waals surface area contributed by atoms with Crippen LogP contribution in [0.2, 0.25) is 0 Å². The van der Waals surface area contributed by atoms with Crippen LogP contribution >= 0.6 is 15.9 Å². The third kappa shape index (κ3) is 3.04. The molecule has 1 heterocycles. The third-order valence-corrected chi connectivity index (χ3v) is 5.40. The van der Waals surface area contributed by atoms with E-state index in [2.05, 4.69) is 15.9 Å². The molecule has 0 saturated heterocycles. The van der Waals surface area contributed by atoms with Crippen LogP contribution in [0, 0.1) is 0 Å². The van der Waals surface area contributed by atoms with Crippen LogP contribution in [-0.4, -0.2) is 38.2 Å². The highest BCUT2D eigenvalue weighted by Crippen LogP contribution is 2.39. The van der Waals surface area contributed by atoms with Gasteiger partial charge in [0.05, 0.1) is 11.4 Å². The molecule has 5 nitrogen and oxygen atoms in total. The maximum atomic E-state index is 11.5. The van der Waals surface area contributed by atoms with Gasteiger partial charge in [-0.1, -0.05) is 15.9 Å². The van der Waals surface area contributed by atoms with Crippen LogP contribution < -0.4 is 9.47 Å². The Morgan fingerprint density at radius 3 is 2.32 bits per heavy atom. The molecule has 1 aliphatic heterocycles. The standard InChI is InChI=1S/C12H15BrO5S/c1-7(19(2,15)16)12(14)8-5-10-11(6-9(8)13)18-4-3-17-10/h5-7,12,14H,3-4H2,1-2H3. The summed E-state index contributed by atoms with van der Waals surface area (Å²) in [6.07, 6.45) is -0.0208. The molecule has 2 unspecified atom stereocenters. The molecule has 1 aromatic rings. The first-order chi connectivity index (χ1) is 8.80. The molecule has 19 heavy (non-hydrogen) atoms. The Balaban J connectivity index is 2.40. The summed E-state index contributed by atoms with van der Waals surface area (Å²) in [6.45, 7) is 2.39. The maximum absolute atomic E-state index is 11.5. The molecule has 0 amide bonds. The number of sulfone groups is 1. The number of halogens is 1. The van der Waals surface area contributed by atoms with Gasteiger partial charge in [0.25, 0.3) is 0 Å². The Bertz CT molecular complexity index is 584.